The lowest BCUT2D eigenvalue weighted by molar-refractivity contribution is 0.399. The highest BCUT2D eigenvalue weighted by atomic mass is 16.5. The van der Waals surface area contributed by atoms with Crippen molar-refractivity contribution < 1.29 is 4.74 Å². The highest BCUT2D eigenvalue weighted by Gasteiger charge is 2.07. The molecule has 2 aromatic rings. The van der Waals surface area contributed by atoms with Crippen LogP contribution in [0.3, 0.4) is 0 Å². The zero-order chi connectivity index (χ0) is 12.1. The van der Waals surface area contributed by atoms with Gasteiger partial charge < -0.3 is 15.8 Å². The first-order valence-electron chi connectivity index (χ1n) is 5.04. The number of nitrogens with one attached hydrogen (secondary N) is 2. The number of nitrogen functional groups attached to an aromatic ring is 1. The molecule has 0 saturated heterocycles. The van der Waals surface area contributed by atoms with E-state index in [9.17, 15) is 0 Å². The Morgan fingerprint density at radius 3 is 2.94 bits per heavy atom. The largest absolute Gasteiger partial charge is 0.479 e. The van der Waals surface area contributed by atoms with Crippen LogP contribution in [-0.4, -0.2) is 38.8 Å². The fourth-order valence-corrected chi connectivity index (χ4v) is 1.33. The zero-order valence-electron chi connectivity index (χ0n) is 9.34. The molecule has 0 spiro atoms. The second-order valence-electron chi connectivity index (χ2n) is 3.25. The molecule has 0 unspecified atom stereocenters. The smallest absolute Gasteiger partial charge is 0.242 e. The predicted molar refractivity (Wildman–Crippen MR) is 61.6 cm³/mol. The van der Waals surface area contributed by atoms with E-state index < -0.39 is 0 Å². The van der Waals surface area contributed by atoms with Gasteiger partial charge in [-0.2, -0.15) is 10.1 Å². The number of hydrogen-bond donors (Lipinski definition) is 3. The topological polar surface area (TPSA) is 115 Å². The third-order valence-electron chi connectivity index (χ3n) is 2.16. The highest BCUT2D eigenvalue weighted by molar-refractivity contribution is 5.66. The van der Waals surface area contributed by atoms with Gasteiger partial charge in [0.15, 0.2) is 5.82 Å². The molecule has 17 heavy (non-hydrogen) atoms. The first-order chi connectivity index (χ1) is 8.31. The molecule has 2 rings (SSSR count). The molecular weight excluding hydrogens is 222 g/mol. The van der Waals surface area contributed by atoms with Gasteiger partial charge in [-0.1, -0.05) is 0 Å². The SMILES string of the molecule is COc1ncnc(NCCc2ncn[nH]2)c1N. The first-order valence-corrected chi connectivity index (χ1v) is 5.04. The number of ether oxygens (including phenoxy) is 1. The molecule has 8 heteroatoms. The van der Waals surface area contributed by atoms with Gasteiger partial charge in [0.05, 0.1) is 7.11 Å². The van der Waals surface area contributed by atoms with Gasteiger partial charge >= 0.3 is 0 Å². The molecular formula is C9H13N7O. The summed E-state index contributed by atoms with van der Waals surface area (Å²) in [4.78, 5) is 11.9. The Morgan fingerprint density at radius 1 is 1.35 bits per heavy atom. The van der Waals surface area contributed by atoms with Gasteiger partial charge in [0.2, 0.25) is 5.88 Å². The van der Waals surface area contributed by atoms with E-state index in [1.54, 1.807) is 0 Å². The maximum absolute atomic E-state index is 5.81. The summed E-state index contributed by atoms with van der Waals surface area (Å²) in [5, 5.41) is 9.61. The molecule has 90 valence electrons. The van der Waals surface area contributed by atoms with Crippen molar-refractivity contribution in [1.29, 1.82) is 0 Å². The summed E-state index contributed by atoms with van der Waals surface area (Å²) in [6.45, 7) is 0.638. The van der Waals surface area contributed by atoms with Crippen molar-refractivity contribution in [2.45, 2.75) is 6.42 Å². The van der Waals surface area contributed by atoms with Crippen LogP contribution in [0.5, 0.6) is 5.88 Å². The Hall–Kier alpha value is -2.38. The van der Waals surface area contributed by atoms with Gasteiger partial charge in [0.25, 0.3) is 0 Å². The predicted octanol–water partition coefficient (Wildman–Crippen LogP) is -0.160. The minimum atomic E-state index is 0.363. The number of nitrogens with two attached hydrogens (primary N) is 1. The molecule has 2 aromatic heterocycles. The van der Waals surface area contributed by atoms with E-state index in [1.807, 2.05) is 0 Å². The minimum absolute atomic E-state index is 0.363. The van der Waals surface area contributed by atoms with Crippen LogP contribution in [0.2, 0.25) is 0 Å². The fourth-order valence-electron chi connectivity index (χ4n) is 1.33. The van der Waals surface area contributed by atoms with Crippen molar-refractivity contribution in [1.82, 2.24) is 25.1 Å². The summed E-state index contributed by atoms with van der Waals surface area (Å²) in [5.41, 5.74) is 6.20. The summed E-state index contributed by atoms with van der Waals surface area (Å²) in [5.74, 6) is 1.72. The summed E-state index contributed by atoms with van der Waals surface area (Å²) >= 11 is 0. The van der Waals surface area contributed by atoms with Gasteiger partial charge in [0, 0.05) is 13.0 Å². The van der Waals surface area contributed by atoms with E-state index >= 15 is 0 Å². The first kappa shape index (κ1) is 11.1. The number of hydrogen-bond acceptors (Lipinski definition) is 7. The summed E-state index contributed by atoms with van der Waals surface area (Å²) in [6.07, 6.45) is 3.56. The Morgan fingerprint density at radius 2 is 2.24 bits per heavy atom. The average molecular weight is 235 g/mol. The number of aromatic amines is 1. The number of nitrogens with zero attached hydrogens (tertiary/aromatic N) is 4. The van der Waals surface area contributed by atoms with E-state index in [2.05, 4.69) is 30.5 Å². The molecule has 0 aliphatic rings. The van der Waals surface area contributed by atoms with Crippen LogP contribution in [0.25, 0.3) is 0 Å². The summed E-state index contributed by atoms with van der Waals surface area (Å²) in [6, 6.07) is 0. The average Bonchev–Trinajstić information content (AvgIpc) is 2.84. The lowest BCUT2D eigenvalue weighted by atomic mass is 10.4. The van der Waals surface area contributed by atoms with E-state index in [4.69, 9.17) is 10.5 Å². The van der Waals surface area contributed by atoms with Crippen molar-refractivity contribution in [2.75, 3.05) is 24.7 Å². The quantitative estimate of drug-likeness (QED) is 0.659. The Balaban J connectivity index is 1.95. The fraction of sp³-hybridized carbons (Fsp3) is 0.333. The Labute approximate surface area is 97.6 Å². The second kappa shape index (κ2) is 5.10. The molecule has 0 bridgehead atoms. The molecule has 0 atom stereocenters. The highest BCUT2D eigenvalue weighted by Crippen LogP contribution is 2.23. The molecule has 0 aliphatic carbocycles. The third-order valence-corrected chi connectivity index (χ3v) is 2.16. The minimum Gasteiger partial charge on any atom is -0.479 e. The van der Waals surface area contributed by atoms with Gasteiger partial charge in [-0.15, -0.1) is 0 Å². The van der Waals surface area contributed by atoms with Crippen LogP contribution in [0.4, 0.5) is 11.5 Å². The lowest BCUT2D eigenvalue weighted by Crippen LogP contribution is -2.10. The van der Waals surface area contributed by atoms with E-state index in [0.717, 1.165) is 5.82 Å². The molecule has 0 amide bonds. The van der Waals surface area contributed by atoms with Gasteiger partial charge in [-0.05, 0) is 0 Å². The molecule has 2 heterocycles. The van der Waals surface area contributed by atoms with E-state index in [1.165, 1.54) is 19.8 Å². The van der Waals surface area contributed by atoms with Gasteiger partial charge in [-0.3, -0.25) is 5.10 Å². The Kier molecular flexibility index (Phi) is 3.34. The number of rotatable bonds is 5. The van der Waals surface area contributed by atoms with Gasteiger partial charge in [0.1, 0.15) is 24.2 Å². The third kappa shape index (κ3) is 2.60. The molecule has 0 saturated carbocycles. The van der Waals surface area contributed by atoms with Crippen LogP contribution in [0.1, 0.15) is 5.82 Å². The van der Waals surface area contributed by atoms with Crippen molar-refractivity contribution in [3.63, 3.8) is 0 Å². The maximum Gasteiger partial charge on any atom is 0.242 e. The van der Waals surface area contributed by atoms with Crippen molar-refractivity contribution >= 4 is 11.5 Å². The maximum atomic E-state index is 5.81. The summed E-state index contributed by atoms with van der Waals surface area (Å²) < 4.78 is 4.99. The lowest BCUT2D eigenvalue weighted by Gasteiger charge is -2.09. The van der Waals surface area contributed by atoms with E-state index in [-0.39, 0.29) is 0 Å². The molecule has 0 aromatic carbocycles. The van der Waals surface area contributed by atoms with Gasteiger partial charge in [-0.25, -0.2) is 9.97 Å². The molecule has 0 radical (unpaired) electrons. The number of anilines is 2. The van der Waals surface area contributed by atoms with Crippen molar-refractivity contribution in [3.8, 4) is 5.88 Å². The molecule has 0 aliphatic heterocycles. The monoisotopic (exact) mass is 235 g/mol. The number of methoxy groups -OCH3 is 1. The summed E-state index contributed by atoms with van der Waals surface area (Å²) in [7, 11) is 1.51. The van der Waals surface area contributed by atoms with Crippen LogP contribution in [0.15, 0.2) is 12.7 Å². The second-order valence-corrected chi connectivity index (χ2v) is 3.25. The van der Waals surface area contributed by atoms with Crippen LogP contribution >= 0.6 is 0 Å². The number of aromatic nitrogens is 5. The van der Waals surface area contributed by atoms with Crippen molar-refractivity contribution in [2.24, 2.45) is 0 Å². The van der Waals surface area contributed by atoms with Crippen LogP contribution in [0, 0.1) is 0 Å². The normalized spacial score (nSPS) is 10.2. The molecule has 0 fully saturated rings. The standard InChI is InChI=1S/C9H13N7O/c1-17-9-7(10)8(13-4-14-9)11-3-2-6-12-5-15-16-6/h4-5H,2-3,10H2,1H3,(H,11,13,14)(H,12,15,16). The van der Waals surface area contributed by atoms with Crippen molar-refractivity contribution in [3.05, 3.63) is 18.5 Å². The molecule has 4 N–H and O–H groups in total. The van der Waals surface area contributed by atoms with Crippen LogP contribution in [-0.2, 0) is 6.42 Å². The number of H-pyrrole nitrogens is 1. The van der Waals surface area contributed by atoms with Crippen LogP contribution < -0.4 is 15.8 Å². The molecule has 8 nitrogen and oxygen atoms in total. The Bertz CT molecular complexity index is 470. The van der Waals surface area contributed by atoms with E-state index in [0.29, 0.717) is 30.4 Å². The zero-order valence-corrected chi connectivity index (χ0v) is 9.34.